The minimum absolute atomic E-state index is 0.209. The maximum absolute atomic E-state index is 11.9. The van der Waals surface area contributed by atoms with Gasteiger partial charge in [0.1, 0.15) is 0 Å². The number of aliphatic imine (C=N–C) groups is 1. The molecule has 0 saturated heterocycles. The van der Waals surface area contributed by atoms with Gasteiger partial charge in [0.2, 0.25) is 6.08 Å². The van der Waals surface area contributed by atoms with Crippen LogP contribution in [0.3, 0.4) is 0 Å². The number of benzene rings is 1. The highest BCUT2D eigenvalue weighted by Gasteiger charge is 2.26. The van der Waals surface area contributed by atoms with Crippen molar-refractivity contribution in [2.24, 2.45) is 4.99 Å². The van der Waals surface area contributed by atoms with E-state index in [1.165, 1.54) is 18.2 Å². The van der Waals surface area contributed by atoms with Crippen LogP contribution in [0.2, 0.25) is 0 Å². The van der Waals surface area contributed by atoms with Crippen molar-refractivity contribution < 1.29 is 13.2 Å². The van der Waals surface area contributed by atoms with E-state index in [4.69, 9.17) is 0 Å². The van der Waals surface area contributed by atoms with Crippen LogP contribution < -0.4 is 0 Å². The fourth-order valence-electron chi connectivity index (χ4n) is 1.33. The van der Waals surface area contributed by atoms with Crippen LogP contribution in [-0.2, 0) is 14.6 Å². The summed E-state index contributed by atoms with van der Waals surface area (Å²) in [5, 5.41) is 0. The first kappa shape index (κ1) is 12.6. The van der Waals surface area contributed by atoms with Gasteiger partial charge in [0.05, 0.1) is 16.2 Å². The third-order valence-electron chi connectivity index (χ3n) is 1.99. The Hall–Kier alpha value is -1.45. The molecule has 0 atom stereocenters. The highest BCUT2D eigenvalue weighted by molar-refractivity contribution is 7.91. The lowest BCUT2D eigenvalue weighted by Gasteiger charge is -2.16. The summed E-state index contributed by atoms with van der Waals surface area (Å²) in [7, 11) is -3.41. The van der Waals surface area contributed by atoms with E-state index in [-0.39, 0.29) is 10.6 Å². The topological polar surface area (TPSA) is 63.6 Å². The molecule has 0 N–H and O–H groups in total. The summed E-state index contributed by atoms with van der Waals surface area (Å²) >= 11 is 0. The van der Waals surface area contributed by atoms with Gasteiger partial charge >= 0.3 is 0 Å². The zero-order valence-electron chi connectivity index (χ0n) is 9.17. The van der Waals surface area contributed by atoms with Crippen molar-refractivity contribution in [2.45, 2.75) is 24.3 Å². The zero-order valence-corrected chi connectivity index (χ0v) is 9.99. The summed E-state index contributed by atoms with van der Waals surface area (Å²) in [6, 6.07) is 8.10. The highest BCUT2D eigenvalue weighted by atomic mass is 32.2. The molecule has 0 fully saturated rings. The second-order valence-corrected chi connectivity index (χ2v) is 6.08. The van der Waals surface area contributed by atoms with Crippen LogP contribution in [0, 0.1) is 0 Å². The number of carbonyl (C=O) groups excluding carboxylic acids is 1. The Morgan fingerprint density at radius 2 is 1.81 bits per heavy atom. The fourth-order valence-corrected chi connectivity index (χ4v) is 3.07. The van der Waals surface area contributed by atoms with E-state index >= 15 is 0 Å². The van der Waals surface area contributed by atoms with E-state index < -0.39 is 15.4 Å². The van der Waals surface area contributed by atoms with Crippen LogP contribution in [-0.4, -0.2) is 25.8 Å². The quantitative estimate of drug-likeness (QED) is 0.592. The van der Waals surface area contributed by atoms with E-state index in [9.17, 15) is 13.2 Å². The molecule has 0 amide bonds. The first-order valence-electron chi connectivity index (χ1n) is 4.74. The monoisotopic (exact) mass is 239 g/mol. The van der Waals surface area contributed by atoms with Gasteiger partial charge < -0.3 is 0 Å². The van der Waals surface area contributed by atoms with Crippen molar-refractivity contribution in [3.05, 3.63) is 30.3 Å². The van der Waals surface area contributed by atoms with Crippen molar-refractivity contribution in [3.8, 4) is 0 Å². The van der Waals surface area contributed by atoms with E-state index in [0.717, 1.165) is 0 Å². The summed E-state index contributed by atoms with van der Waals surface area (Å²) < 4.78 is 23.9. The largest absolute Gasteiger partial charge is 0.235 e. The number of hydrogen-bond donors (Lipinski definition) is 0. The standard InChI is InChI=1S/C11H13NO3S/c1-11(2,12-9-13)8-16(14,15)10-6-4-3-5-7-10/h3-7H,8H2,1-2H3. The smallest absolute Gasteiger partial charge is 0.224 e. The first-order chi connectivity index (χ1) is 7.37. The Kier molecular flexibility index (Phi) is 3.62. The van der Waals surface area contributed by atoms with Crippen LogP contribution in [0.25, 0.3) is 0 Å². The van der Waals surface area contributed by atoms with Crippen LogP contribution >= 0.6 is 0 Å². The molecule has 5 heteroatoms. The molecule has 4 nitrogen and oxygen atoms in total. The van der Waals surface area contributed by atoms with Gasteiger partial charge in [0, 0.05) is 0 Å². The molecule has 86 valence electrons. The molecule has 0 unspecified atom stereocenters. The van der Waals surface area contributed by atoms with Gasteiger partial charge in [-0.25, -0.2) is 13.2 Å². The summed E-state index contributed by atoms with van der Waals surface area (Å²) in [4.78, 5) is 13.9. The molecule has 0 bridgehead atoms. The van der Waals surface area contributed by atoms with Crippen molar-refractivity contribution in [1.29, 1.82) is 0 Å². The average Bonchev–Trinajstić information content (AvgIpc) is 2.17. The van der Waals surface area contributed by atoms with E-state index in [2.05, 4.69) is 4.99 Å². The second kappa shape index (κ2) is 4.60. The fraction of sp³-hybridized carbons (Fsp3) is 0.364. The molecule has 0 radical (unpaired) electrons. The molecule has 0 aliphatic heterocycles. The lowest BCUT2D eigenvalue weighted by Crippen LogP contribution is -2.28. The Morgan fingerprint density at radius 1 is 1.25 bits per heavy atom. The molecule has 0 aromatic heterocycles. The number of nitrogens with zero attached hydrogens (tertiary/aromatic N) is 1. The average molecular weight is 239 g/mol. The molecule has 16 heavy (non-hydrogen) atoms. The van der Waals surface area contributed by atoms with Crippen molar-refractivity contribution >= 4 is 15.9 Å². The lowest BCUT2D eigenvalue weighted by molar-refractivity contribution is 0.525. The summed E-state index contributed by atoms with van der Waals surface area (Å²) in [6.07, 6.45) is 1.39. The highest BCUT2D eigenvalue weighted by Crippen LogP contribution is 2.18. The molecule has 0 aliphatic carbocycles. The van der Waals surface area contributed by atoms with Gasteiger partial charge in [-0.05, 0) is 26.0 Å². The molecule has 0 saturated carbocycles. The molecule has 0 heterocycles. The summed E-state index contributed by atoms with van der Waals surface area (Å²) in [5.41, 5.74) is -0.948. The second-order valence-electron chi connectivity index (χ2n) is 4.09. The lowest BCUT2D eigenvalue weighted by atomic mass is 10.1. The Bertz CT molecular complexity index is 499. The Labute approximate surface area is 94.9 Å². The van der Waals surface area contributed by atoms with Gasteiger partial charge in [-0.15, -0.1) is 0 Å². The maximum Gasteiger partial charge on any atom is 0.235 e. The third-order valence-corrected chi connectivity index (χ3v) is 4.07. The van der Waals surface area contributed by atoms with E-state index in [0.29, 0.717) is 0 Å². The van der Waals surface area contributed by atoms with Gasteiger partial charge in [0.25, 0.3) is 0 Å². The predicted molar refractivity (Wildman–Crippen MR) is 60.7 cm³/mol. The van der Waals surface area contributed by atoms with Crippen molar-refractivity contribution in [3.63, 3.8) is 0 Å². The molecule has 0 spiro atoms. The summed E-state index contributed by atoms with van der Waals surface area (Å²) in [6.45, 7) is 3.16. The van der Waals surface area contributed by atoms with E-state index in [1.807, 2.05) is 0 Å². The van der Waals surface area contributed by atoms with Gasteiger partial charge in [-0.2, -0.15) is 4.99 Å². The minimum atomic E-state index is -3.41. The van der Waals surface area contributed by atoms with Gasteiger partial charge in [-0.1, -0.05) is 18.2 Å². The maximum atomic E-state index is 11.9. The molecule has 1 aromatic rings. The van der Waals surface area contributed by atoms with Crippen LogP contribution in [0.1, 0.15) is 13.8 Å². The van der Waals surface area contributed by atoms with Gasteiger partial charge in [-0.3, -0.25) is 0 Å². The van der Waals surface area contributed by atoms with Crippen LogP contribution in [0.4, 0.5) is 0 Å². The van der Waals surface area contributed by atoms with Crippen LogP contribution in [0.5, 0.6) is 0 Å². The first-order valence-corrected chi connectivity index (χ1v) is 6.39. The van der Waals surface area contributed by atoms with Crippen molar-refractivity contribution in [2.75, 3.05) is 5.75 Å². The summed E-state index contributed by atoms with van der Waals surface area (Å²) in [5.74, 6) is -0.209. The Balaban J connectivity index is 3.02. The number of rotatable bonds is 4. The third kappa shape index (κ3) is 3.29. The molecule has 1 rings (SSSR count). The molecule has 0 aliphatic rings. The minimum Gasteiger partial charge on any atom is -0.224 e. The number of sulfone groups is 1. The Morgan fingerprint density at radius 3 is 2.31 bits per heavy atom. The molecule has 1 aromatic carbocycles. The predicted octanol–water partition coefficient (Wildman–Crippen LogP) is 1.57. The number of hydrogen-bond acceptors (Lipinski definition) is 4. The van der Waals surface area contributed by atoms with Crippen LogP contribution in [0.15, 0.2) is 40.2 Å². The van der Waals surface area contributed by atoms with Gasteiger partial charge in [0.15, 0.2) is 9.84 Å². The van der Waals surface area contributed by atoms with E-state index in [1.54, 1.807) is 32.0 Å². The SMILES string of the molecule is CC(C)(CS(=O)(=O)c1ccccc1)N=C=O. The normalized spacial score (nSPS) is 11.9. The zero-order chi connectivity index (χ0) is 12.2. The molecular formula is C11H13NO3S. The number of isocyanates is 1. The molecular weight excluding hydrogens is 226 g/mol. The van der Waals surface area contributed by atoms with Crippen molar-refractivity contribution in [1.82, 2.24) is 0 Å².